The molecular formula is C26H28N2O6S. The molecule has 4 rings (SSSR count). The van der Waals surface area contributed by atoms with Gasteiger partial charge in [0, 0.05) is 21.8 Å². The van der Waals surface area contributed by atoms with E-state index in [1.54, 1.807) is 19.1 Å². The molecule has 1 amide bonds. The fraction of sp³-hybridized carbons (Fsp3) is 0.385. The Hall–Kier alpha value is -3.46. The number of amides is 1. The summed E-state index contributed by atoms with van der Waals surface area (Å²) in [6.07, 6.45) is 1.38. The van der Waals surface area contributed by atoms with Crippen LogP contribution in [0, 0.1) is 12.8 Å². The zero-order valence-electron chi connectivity index (χ0n) is 20.2. The van der Waals surface area contributed by atoms with Crippen molar-refractivity contribution in [3.8, 4) is 0 Å². The van der Waals surface area contributed by atoms with Gasteiger partial charge >= 0.3 is 11.9 Å². The largest absolute Gasteiger partial charge is 0.462 e. The Morgan fingerprint density at radius 1 is 1.23 bits per heavy atom. The van der Waals surface area contributed by atoms with Gasteiger partial charge in [0.2, 0.25) is 0 Å². The standard InChI is InChI=1S/C26H28N2O6S/c1-5-33-26(32)22-16-8-6-14(3)11-21(16)35-24(22)28-23(30)15(4)34-25(31)19-12-20(29)17-10-13(2)7-9-18(17)27-19/h7,9-10,12,14-15H,5-6,8,11H2,1-4H3,(H,27,29)(H,28,30)/t14-,15-/m1/s1. The average Bonchev–Trinajstić information content (AvgIpc) is 3.16. The lowest BCUT2D eigenvalue weighted by atomic mass is 9.88. The Morgan fingerprint density at radius 2 is 2.00 bits per heavy atom. The molecule has 35 heavy (non-hydrogen) atoms. The van der Waals surface area contributed by atoms with E-state index in [0.717, 1.165) is 35.3 Å². The maximum atomic E-state index is 12.9. The molecule has 1 aliphatic carbocycles. The van der Waals surface area contributed by atoms with Crippen LogP contribution in [-0.2, 0) is 27.1 Å². The Labute approximate surface area is 206 Å². The van der Waals surface area contributed by atoms with Gasteiger partial charge in [-0.3, -0.25) is 9.59 Å². The third-order valence-electron chi connectivity index (χ3n) is 6.09. The first-order chi connectivity index (χ1) is 16.7. The Morgan fingerprint density at radius 3 is 2.74 bits per heavy atom. The van der Waals surface area contributed by atoms with Crippen molar-refractivity contribution >= 4 is 45.1 Å². The van der Waals surface area contributed by atoms with Crippen molar-refractivity contribution in [1.29, 1.82) is 0 Å². The summed E-state index contributed by atoms with van der Waals surface area (Å²) in [6, 6.07) is 6.45. The van der Waals surface area contributed by atoms with Crippen molar-refractivity contribution in [2.24, 2.45) is 5.92 Å². The van der Waals surface area contributed by atoms with Gasteiger partial charge in [0.1, 0.15) is 10.7 Å². The molecule has 0 fully saturated rings. The minimum Gasteiger partial charge on any atom is -0.462 e. The first kappa shape index (κ1) is 24.7. The van der Waals surface area contributed by atoms with Crippen molar-refractivity contribution in [1.82, 2.24) is 4.98 Å². The van der Waals surface area contributed by atoms with E-state index in [0.29, 0.717) is 27.4 Å². The van der Waals surface area contributed by atoms with E-state index < -0.39 is 23.9 Å². The van der Waals surface area contributed by atoms with Crippen LogP contribution in [0.2, 0.25) is 0 Å². The summed E-state index contributed by atoms with van der Waals surface area (Å²) in [6.45, 7) is 7.43. The number of aromatic amines is 1. The zero-order chi connectivity index (χ0) is 25.3. The molecule has 0 aliphatic heterocycles. The van der Waals surface area contributed by atoms with Crippen molar-refractivity contribution < 1.29 is 23.9 Å². The lowest BCUT2D eigenvalue weighted by molar-refractivity contribution is -0.123. The van der Waals surface area contributed by atoms with Crippen molar-refractivity contribution in [3.63, 3.8) is 0 Å². The van der Waals surface area contributed by atoms with E-state index in [2.05, 4.69) is 17.2 Å². The fourth-order valence-corrected chi connectivity index (χ4v) is 5.62. The highest BCUT2D eigenvalue weighted by atomic mass is 32.1. The van der Waals surface area contributed by atoms with Crippen LogP contribution < -0.4 is 10.7 Å². The topological polar surface area (TPSA) is 115 Å². The number of aryl methyl sites for hydroxylation is 1. The van der Waals surface area contributed by atoms with Crippen molar-refractivity contribution in [3.05, 3.63) is 61.8 Å². The van der Waals surface area contributed by atoms with Crippen LogP contribution in [-0.4, -0.2) is 35.5 Å². The number of benzene rings is 1. The lowest BCUT2D eigenvalue weighted by Crippen LogP contribution is -2.31. The Kier molecular flexibility index (Phi) is 7.07. The summed E-state index contributed by atoms with van der Waals surface area (Å²) in [4.78, 5) is 54.7. The van der Waals surface area contributed by atoms with Gasteiger partial charge in [-0.1, -0.05) is 18.6 Å². The van der Waals surface area contributed by atoms with Crippen molar-refractivity contribution in [2.45, 2.75) is 53.1 Å². The number of anilines is 1. The summed E-state index contributed by atoms with van der Waals surface area (Å²) in [5.41, 5.74) is 2.39. The molecule has 184 valence electrons. The molecule has 2 atom stereocenters. The number of fused-ring (bicyclic) bond motifs is 2. The number of carbonyl (C=O) groups excluding carboxylic acids is 3. The number of hydrogen-bond acceptors (Lipinski definition) is 7. The molecular weight excluding hydrogens is 468 g/mol. The molecule has 9 heteroatoms. The van der Waals surface area contributed by atoms with Gasteiger partial charge < -0.3 is 19.8 Å². The third kappa shape index (κ3) is 5.14. The predicted molar refractivity (Wildman–Crippen MR) is 134 cm³/mol. The number of hydrogen-bond donors (Lipinski definition) is 2. The molecule has 0 saturated carbocycles. The Balaban J connectivity index is 1.52. The second-order valence-electron chi connectivity index (χ2n) is 8.91. The van der Waals surface area contributed by atoms with E-state index in [-0.39, 0.29) is 17.7 Å². The fourth-order valence-electron chi connectivity index (χ4n) is 4.22. The van der Waals surface area contributed by atoms with Crippen LogP contribution in [0.25, 0.3) is 10.9 Å². The second kappa shape index (κ2) is 10.0. The summed E-state index contributed by atoms with van der Waals surface area (Å²) in [5.74, 6) is -1.37. The third-order valence-corrected chi connectivity index (χ3v) is 7.26. The van der Waals surface area contributed by atoms with E-state index in [4.69, 9.17) is 9.47 Å². The molecule has 2 aromatic heterocycles. The minimum atomic E-state index is -1.16. The minimum absolute atomic E-state index is 0.0428. The van der Waals surface area contributed by atoms with Crippen LogP contribution >= 0.6 is 11.3 Å². The Bertz CT molecular complexity index is 1370. The van der Waals surface area contributed by atoms with Gasteiger partial charge in [0.15, 0.2) is 11.5 Å². The molecule has 0 bridgehead atoms. The monoisotopic (exact) mass is 496 g/mol. The molecule has 8 nitrogen and oxygen atoms in total. The predicted octanol–water partition coefficient (Wildman–Crippen LogP) is 4.38. The highest BCUT2D eigenvalue weighted by molar-refractivity contribution is 7.17. The van der Waals surface area contributed by atoms with E-state index >= 15 is 0 Å². The smallest absolute Gasteiger partial charge is 0.355 e. The molecule has 3 aromatic rings. The first-order valence-corrected chi connectivity index (χ1v) is 12.5. The number of carbonyl (C=O) groups is 3. The molecule has 1 aromatic carbocycles. The lowest BCUT2D eigenvalue weighted by Gasteiger charge is -2.18. The summed E-state index contributed by atoms with van der Waals surface area (Å²) in [5, 5.41) is 3.63. The maximum absolute atomic E-state index is 12.9. The van der Waals surface area contributed by atoms with Crippen LogP contribution in [0.4, 0.5) is 5.00 Å². The van der Waals surface area contributed by atoms with Crippen LogP contribution in [0.15, 0.2) is 29.1 Å². The van der Waals surface area contributed by atoms with E-state index in [1.165, 1.54) is 24.3 Å². The van der Waals surface area contributed by atoms with E-state index in [1.807, 2.05) is 13.0 Å². The number of aromatic nitrogens is 1. The van der Waals surface area contributed by atoms with Crippen LogP contribution in [0.3, 0.4) is 0 Å². The summed E-state index contributed by atoms with van der Waals surface area (Å²) >= 11 is 1.36. The van der Waals surface area contributed by atoms with Gasteiger partial charge in [0.25, 0.3) is 5.91 Å². The highest BCUT2D eigenvalue weighted by Crippen LogP contribution is 2.40. The average molecular weight is 497 g/mol. The van der Waals surface area contributed by atoms with Crippen molar-refractivity contribution in [2.75, 3.05) is 11.9 Å². The van der Waals surface area contributed by atoms with Gasteiger partial charge in [-0.05, 0) is 63.6 Å². The number of nitrogens with one attached hydrogen (secondary N) is 2. The van der Waals surface area contributed by atoms with Gasteiger partial charge in [-0.2, -0.15) is 0 Å². The van der Waals surface area contributed by atoms with Gasteiger partial charge in [-0.15, -0.1) is 11.3 Å². The molecule has 2 heterocycles. The number of esters is 2. The molecule has 0 spiro atoms. The normalized spacial score (nSPS) is 15.8. The quantitative estimate of drug-likeness (QED) is 0.490. The highest BCUT2D eigenvalue weighted by Gasteiger charge is 2.30. The van der Waals surface area contributed by atoms with Crippen LogP contribution in [0.1, 0.15) is 64.0 Å². The number of ether oxygens (including phenoxy) is 2. The number of pyridine rings is 1. The maximum Gasteiger partial charge on any atom is 0.355 e. The molecule has 2 N–H and O–H groups in total. The SMILES string of the molecule is CCOC(=O)c1c(NC(=O)[C@@H](C)OC(=O)c2cc(=O)c3cc(C)ccc3[nH]2)sc2c1CC[C@@H](C)C2. The van der Waals surface area contributed by atoms with Gasteiger partial charge in [-0.25, -0.2) is 9.59 Å². The molecule has 0 unspecified atom stereocenters. The number of H-pyrrole nitrogens is 1. The van der Waals surface area contributed by atoms with E-state index in [9.17, 15) is 19.2 Å². The summed E-state index contributed by atoms with van der Waals surface area (Å²) < 4.78 is 10.6. The molecule has 0 saturated heterocycles. The second-order valence-corrected chi connectivity index (χ2v) is 10.0. The summed E-state index contributed by atoms with van der Waals surface area (Å²) in [7, 11) is 0. The number of rotatable bonds is 6. The molecule has 0 radical (unpaired) electrons. The van der Waals surface area contributed by atoms with Gasteiger partial charge in [0.05, 0.1) is 12.2 Å². The zero-order valence-corrected chi connectivity index (χ0v) is 21.0. The molecule has 1 aliphatic rings. The number of thiophene rings is 1. The van der Waals surface area contributed by atoms with Crippen LogP contribution in [0.5, 0.6) is 0 Å². The first-order valence-electron chi connectivity index (χ1n) is 11.6.